The number of nitroso groups, excluding NO2 is 1. The molecule has 0 radical (unpaired) electrons. The van der Waals surface area contributed by atoms with Gasteiger partial charge in [-0.2, -0.15) is 0 Å². The van der Waals surface area contributed by atoms with Crippen LogP contribution in [0.2, 0.25) is 0 Å². The van der Waals surface area contributed by atoms with Gasteiger partial charge in [-0.1, -0.05) is 25.4 Å². The summed E-state index contributed by atoms with van der Waals surface area (Å²) in [5.41, 5.74) is -1.12. The van der Waals surface area contributed by atoms with Crippen molar-refractivity contribution >= 4 is 23.2 Å². The normalized spacial score (nSPS) is 15.1. The molecule has 0 aliphatic heterocycles. The van der Waals surface area contributed by atoms with Gasteiger partial charge in [0.25, 0.3) is 0 Å². The maximum atomic E-state index is 9.87. The molecule has 0 bridgehead atoms. The van der Waals surface area contributed by atoms with Crippen LogP contribution in [0, 0.1) is 10.3 Å². The maximum Gasteiger partial charge on any atom is 0.171 e. The molecule has 0 fully saturated rings. The number of halogens is 2. The first-order chi connectivity index (χ1) is 4.04. The van der Waals surface area contributed by atoms with Gasteiger partial charge in [0.05, 0.1) is 0 Å². The molecule has 0 aliphatic rings. The van der Waals surface area contributed by atoms with Crippen molar-refractivity contribution in [1.82, 2.24) is 0 Å². The second-order valence-electron chi connectivity index (χ2n) is 2.56. The highest BCUT2D eigenvalue weighted by Gasteiger charge is 2.27. The lowest BCUT2D eigenvalue weighted by atomic mass is 9.97. The highest BCUT2D eigenvalue weighted by Crippen LogP contribution is 2.27. The molecule has 0 aromatic rings. The predicted octanol–water partition coefficient (Wildman–Crippen LogP) is 2.58. The fraction of sp³-hybridized carbons (Fsp3) is 1.00. The summed E-state index contributed by atoms with van der Waals surface area (Å²) >= 11 is 11.0. The van der Waals surface area contributed by atoms with E-state index in [1.807, 2.05) is 0 Å². The van der Waals surface area contributed by atoms with Crippen molar-refractivity contribution in [3.8, 4) is 0 Å². The first kappa shape index (κ1) is 9.18. The summed E-state index contributed by atoms with van der Waals surface area (Å²) in [5, 5.41) is 2.66. The SMILES string of the molecule is CC(C)(CCl)C(Cl)N=O. The molecule has 2 nitrogen and oxygen atoms in total. The lowest BCUT2D eigenvalue weighted by Gasteiger charge is -2.20. The van der Waals surface area contributed by atoms with E-state index in [0.29, 0.717) is 5.88 Å². The molecule has 54 valence electrons. The van der Waals surface area contributed by atoms with Crippen LogP contribution in [0.1, 0.15) is 13.8 Å². The van der Waals surface area contributed by atoms with Crippen LogP contribution >= 0.6 is 23.2 Å². The average molecular weight is 170 g/mol. The van der Waals surface area contributed by atoms with Crippen molar-refractivity contribution in [2.45, 2.75) is 19.3 Å². The van der Waals surface area contributed by atoms with Crippen molar-refractivity contribution in [2.75, 3.05) is 5.88 Å². The molecule has 0 spiro atoms. The summed E-state index contributed by atoms with van der Waals surface area (Å²) in [6, 6.07) is 0. The molecule has 0 aromatic heterocycles. The molecule has 0 amide bonds. The predicted molar refractivity (Wildman–Crippen MR) is 39.9 cm³/mol. The molecule has 4 heteroatoms. The molecule has 0 aliphatic carbocycles. The Hall–Kier alpha value is 0.180. The minimum absolute atomic E-state index is 0.340. The third-order valence-corrected chi connectivity index (χ3v) is 2.44. The summed E-state index contributed by atoms with van der Waals surface area (Å²) < 4.78 is 0. The Morgan fingerprint density at radius 2 is 2.11 bits per heavy atom. The average Bonchev–Trinajstić information content (AvgIpc) is 1.86. The van der Waals surface area contributed by atoms with Gasteiger partial charge >= 0.3 is 0 Å². The molecule has 0 heterocycles. The van der Waals surface area contributed by atoms with Crippen LogP contribution in [0.15, 0.2) is 5.18 Å². The van der Waals surface area contributed by atoms with Gasteiger partial charge in [0, 0.05) is 11.3 Å². The third-order valence-electron chi connectivity index (χ3n) is 1.08. The molecule has 0 N–H and O–H groups in total. The van der Waals surface area contributed by atoms with Crippen molar-refractivity contribution in [3.63, 3.8) is 0 Å². The molecule has 0 rings (SSSR count). The van der Waals surface area contributed by atoms with E-state index >= 15 is 0 Å². The number of hydrogen-bond acceptors (Lipinski definition) is 2. The number of alkyl halides is 2. The monoisotopic (exact) mass is 169 g/mol. The first-order valence-corrected chi connectivity index (χ1v) is 3.54. The summed E-state index contributed by atoms with van der Waals surface area (Å²) in [4.78, 5) is 9.87. The number of rotatable bonds is 3. The van der Waals surface area contributed by atoms with Gasteiger partial charge in [-0.25, -0.2) is 0 Å². The Labute approximate surface area is 64.5 Å². The van der Waals surface area contributed by atoms with Crippen LogP contribution in [0.5, 0.6) is 0 Å². The van der Waals surface area contributed by atoms with Crippen molar-refractivity contribution in [3.05, 3.63) is 4.91 Å². The molecule has 0 saturated heterocycles. The molecule has 1 atom stereocenters. The number of hydrogen-bond donors (Lipinski definition) is 0. The molecule has 1 unspecified atom stereocenters. The second-order valence-corrected chi connectivity index (χ2v) is 3.24. The Bertz CT molecular complexity index is 105. The van der Waals surface area contributed by atoms with E-state index in [9.17, 15) is 4.91 Å². The van der Waals surface area contributed by atoms with E-state index in [1.165, 1.54) is 0 Å². The van der Waals surface area contributed by atoms with Gasteiger partial charge in [-0.05, 0) is 5.18 Å². The highest BCUT2D eigenvalue weighted by molar-refractivity contribution is 6.23. The molecule has 9 heavy (non-hydrogen) atoms. The fourth-order valence-corrected chi connectivity index (χ4v) is 0.509. The Kier molecular flexibility index (Phi) is 3.44. The van der Waals surface area contributed by atoms with Gasteiger partial charge < -0.3 is 0 Å². The largest absolute Gasteiger partial charge is 0.171 e. The van der Waals surface area contributed by atoms with E-state index in [0.717, 1.165) is 0 Å². The van der Waals surface area contributed by atoms with Crippen LogP contribution in [0.4, 0.5) is 0 Å². The van der Waals surface area contributed by atoms with Crippen LogP contribution in [-0.2, 0) is 0 Å². The van der Waals surface area contributed by atoms with E-state index in [2.05, 4.69) is 5.18 Å². The molecular formula is C5H9Cl2NO. The van der Waals surface area contributed by atoms with Crippen LogP contribution < -0.4 is 0 Å². The molecule has 0 saturated carbocycles. The van der Waals surface area contributed by atoms with Gasteiger partial charge in [-0.15, -0.1) is 16.5 Å². The van der Waals surface area contributed by atoms with Crippen LogP contribution in [0.3, 0.4) is 0 Å². The van der Waals surface area contributed by atoms with Crippen LogP contribution in [0.25, 0.3) is 0 Å². The van der Waals surface area contributed by atoms with E-state index in [4.69, 9.17) is 23.2 Å². The quantitative estimate of drug-likeness (QED) is 0.363. The topological polar surface area (TPSA) is 29.4 Å². The van der Waals surface area contributed by atoms with Crippen molar-refractivity contribution in [1.29, 1.82) is 0 Å². The zero-order valence-corrected chi connectivity index (χ0v) is 6.91. The minimum atomic E-state index is -0.727. The lowest BCUT2D eigenvalue weighted by molar-refractivity contribution is 0.401. The fourth-order valence-electron chi connectivity index (χ4n) is 0.206. The van der Waals surface area contributed by atoms with Gasteiger partial charge in [-0.3, -0.25) is 0 Å². The first-order valence-electron chi connectivity index (χ1n) is 2.57. The van der Waals surface area contributed by atoms with Crippen LogP contribution in [-0.4, -0.2) is 11.4 Å². The van der Waals surface area contributed by atoms with Crippen molar-refractivity contribution in [2.24, 2.45) is 10.6 Å². The lowest BCUT2D eigenvalue weighted by Crippen LogP contribution is -2.24. The van der Waals surface area contributed by atoms with Gasteiger partial charge in [0.1, 0.15) is 0 Å². The zero-order valence-electron chi connectivity index (χ0n) is 5.40. The Balaban J connectivity index is 3.95. The van der Waals surface area contributed by atoms with Crippen molar-refractivity contribution < 1.29 is 0 Å². The van der Waals surface area contributed by atoms with Gasteiger partial charge in [0.15, 0.2) is 5.50 Å². The van der Waals surface area contributed by atoms with E-state index in [-0.39, 0.29) is 0 Å². The number of nitrogens with zero attached hydrogens (tertiary/aromatic N) is 1. The Morgan fingerprint density at radius 1 is 1.67 bits per heavy atom. The molecular weight excluding hydrogens is 161 g/mol. The second kappa shape index (κ2) is 3.37. The summed E-state index contributed by atoms with van der Waals surface area (Å²) in [6.45, 7) is 3.58. The highest BCUT2D eigenvalue weighted by atomic mass is 35.5. The summed E-state index contributed by atoms with van der Waals surface area (Å²) in [6.07, 6.45) is 0. The zero-order chi connectivity index (χ0) is 7.49. The maximum absolute atomic E-state index is 9.87. The smallest absolute Gasteiger partial charge is 0.149 e. The molecule has 0 aromatic carbocycles. The third kappa shape index (κ3) is 2.50. The Morgan fingerprint density at radius 3 is 2.22 bits per heavy atom. The van der Waals surface area contributed by atoms with E-state index < -0.39 is 10.9 Å². The summed E-state index contributed by atoms with van der Waals surface area (Å²) in [7, 11) is 0. The summed E-state index contributed by atoms with van der Waals surface area (Å²) in [5.74, 6) is 0.340. The van der Waals surface area contributed by atoms with E-state index in [1.54, 1.807) is 13.8 Å². The standard InChI is InChI=1S/C5H9Cl2NO/c1-5(2,3-6)4(7)8-9/h4H,3H2,1-2H3. The van der Waals surface area contributed by atoms with Gasteiger partial charge in [0.2, 0.25) is 0 Å². The minimum Gasteiger partial charge on any atom is -0.149 e.